The van der Waals surface area contributed by atoms with E-state index in [1.165, 1.54) is 16.7 Å². The summed E-state index contributed by atoms with van der Waals surface area (Å²) in [6, 6.07) is 15.9. The second-order valence-corrected chi connectivity index (χ2v) is 7.53. The molecule has 0 spiro atoms. The first-order valence-electron chi connectivity index (χ1n) is 11.2. The number of nitrogens with zero attached hydrogens (tertiary/aromatic N) is 3. The van der Waals surface area contributed by atoms with Gasteiger partial charge < -0.3 is 4.42 Å². The van der Waals surface area contributed by atoms with Crippen molar-refractivity contribution < 1.29 is 13.1 Å². The van der Waals surface area contributed by atoms with Gasteiger partial charge in [0.25, 0.3) is 5.82 Å². The Hall–Kier alpha value is -3.34. The lowest BCUT2D eigenvalue weighted by Gasteiger charge is -2.23. The van der Waals surface area contributed by atoms with Crippen LogP contribution >= 0.6 is 0 Å². The summed E-state index contributed by atoms with van der Waals surface area (Å²) in [4.78, 5) is 6.48. The lowest BCUT2D eigenvalue weighted by Crippen LogP contribution is -2.50. The van der Waals surface area contributed by atoms with E-state index in [4.69, 9.17) is 8.53 Å². The van der Waals surface area contributed by atoms with Gasteiger partial charge in [-0.1, -0.05) is 30.3 Å². The van der Waals surface area contributed by atoms with Crippen LogP contribution in [0.2, 0.25) is 6.82 Å². The number of hydrogen-bond donors (Lipinski definition) is 0. The third-order valence-corrected chi connectivity index (χ3v) is 5.65. The van der Waals surface area contributed by atoms with Crippen molar-refractivity contribution in [3.05, 3.63) is 77.9 Å². The molecule has 0 bridgehead atoms. The fourth-order valence-corrected chi connectivity index (χ4v) is 4.17. The third-order valence-electron chi connectivity index (χ3n) is 5.65. The molecule has 5 heteroatoms. The van der Waals surface area contributed by atoms with Gasteiger partial charge in [-0.15, -0.1) is 0 Å². The second-order valence-electron chi connectivity index (χ2n) is 7.53. The number of pyridine rings is 2. The summed E-state index contributed by atoms with van der Waals surface area (Å²) in [6.45, 7) is 1.98. The molecule has 0 saturated heterocycles. The Balaban J connectivity index is 1.56. The molecule has 1 aromatic carbocycles. The van der Waals surface area contributed by atoms with Crippen LogP contribution in [-0.2, 0) is 7.05 Å². The highest BCUT2D eigenvalue weighted by atomic mass is 16.3. The van der Waals surface area contributed by atoms with Crippen molar-refractivity contribution in [2.24, 2.45) is 7.05 Å². The van der Waals surface area contributed by atoms with E-state index in [2.05, 4.69) is 71.7 Å². The molecule has 0 amide bonds. The standard InChI is InChI=1S/C24H23BN3O/c1-16-14-22(27(4)15-20(16)18-8-6-5-7-9-18)28-13-12-21-23(25(28)3)19-11-10-17(2)26-24(19)29-21/h5-15H,1-4H3/q+1/i2D3. The molecule has 0 atom stereocenters. The molecule has 142 valence electrons. The van der Waals surface area contributed by atoms with E-state index in [-0.39, 0.29) is 12.5 Å². The Bertz CT molecular complexity index is 1360. The predicted molar refractivity (Wildman–Crippen MR) is 119 cm³/mol. The Morgan fingerprint density at radius 1 is 1.17 bits per heavy atom. The highest BCUT2D eigenvalue weighted by Crippen LogP contribution is 2.28. The summed E-state index contributed by atoms with van der Waals surface area (Å²) < 4.78 is 30.9. The van der Waals surface area contributed by atoms with Crippen LogP contribution in [0.15, 0.2) is 65.3 Å². The van der Waals surface area contributed by atoms with Gasteiger partial charge >= 0.3 is 6.85 Å². The lowest BCUT2D eigenvalue weighted by atomic mass is 9.54. The minimum Gasteiger partial charge on any atom is -0.439 e. The zero-order valence-electron chi connectivity index (χ0n) is 19.7. The average molecular weight is 383 g/mol. The van der Waals surface area contributed by atoms with E-state index in [0.29, 0.717) is 5.71 Å². The topological polar surface area (TPSA) is 33.2 Å². The SMILES string of the molecule is [2H]C([2H])([2H])c1ccc2c3c(oc2n1)C=CN(c1cc(C)c(-c2ccccc2)c[n+]1C)B3C. The van der Waals surface area contributed by atoms with Crippen LogP contribution in [0.4, 0.5) is 5.82 Å². The van der Waals surface area contributed by atoms with Gasteiger partial charge in [0.05, 0.1) is 19.4 Å². The van der Waals surface area contributed by atoms with Gasteiger partial charge in [-0.2, -0.15) is 0 Å². The smallest absolute Gasteiger partial charge is 0.413 e. The Labute approximate surface area is 175 Å². The Morgan fingerprint density at radius 2 is 2.00 bits per heavy atom. The average Bonchev–Trinajstić information content (AvgIpc) is 3.14. The first kappa shape index (κ1) is 14.6. The maximum absolute atomic E-state index is 7.62. The van der Waals surface area contributed by atoms with Crippen molar-refractivity contribution in [3.8, 4) is 11.1 Å². The van der Waals surface area contributed by atoms with E-state index in [9.17, 15) is 0 Å². The van der Waals surface area contributed by atoms with Gasteiger partial charge in [0.1, 0.15) is 5.76 Å². The normalized spacial score (nSPS) is 15.2. The highest BCUT2D eigenvalue weighted by Gasteiger charge is 2.37. The van der Waals surface area contributed by atoms with Crippen LogP contribution in [0.25, 0.3) is 28.3 Å². The van der Waals surface area contributed by atoms with E-state index >= 15 is 0 Å². The quantitative estimate of drug-likeness (QED) is 0.383. The maximum Gasteiger partial charge on any atom is 0.413 e. The van der Waals surface area contributed by atoms with Crippen molar-refractivity contribution in [1.29, 1.82) is 0 Å². The minimum atomic E-state index is -2.26. The summed E-state index contributed by atoms with van der Waals surface area (Å²) >= 11 is 0. The van der Waals surface area contributed by atoms with Crippen LogP contribution in [0.5, 0.6) is 0 Å². The summed E-state index contributed by atoms with van der Waals surface area (Å²) in [5.74, 6) is 1.78. The first-order valence-corrected chi connectivity index (χ1v) is 9.70. The zero-order valence-corrected chi connectivity index (χ0v) is 16.7. The highest BCUT2D eigenvalue weighted by molar-refractivity contribution is 6.79. The van der Waals surface area contributed by atoms with Crippen molar-refractivity contribution in [2.45, 2.75) is 20.6 Å². The molecule has 0 aliphatic carbocycles. The van der Waals surface area contributed by atoms with Crippen molar-refractivity contribution in [1.82, 2.24) is 4.98 Å². The van der Waals surface area contributed by atoms with E-state index in [0.717, 1.165) is 22.4 Å². The number of rotatable bonds is 2. The Morgan fingerprint density at radius 3 is 2.79 bits per heavy atom. The second kappa shape index (κ2) is 6.62. The number of hydrogen-bond acceptors (Lipinski definition) is 3. The molecule has 1 aliphatic rings. The molecule has 0 fully saturated rings. The minimum absolute atomic E-state index is 0.00941. The van der Waals surface area contributed by atoms with Gasteiger partial charge in [-0.25, -0.2) is 9.55 Å². The third kappa shape index (κ3) is 2.85. The molecule has 1 aliphatic heterocycles. The van der Waals surface area contributed by atoms with Gasteiger partial charge in [-0.05, 0) is 43.9 Å². The van der Waals surface area contributed by atoms with E-state index in [1.54, 1.807) is 6.07 Å². The molecule has 0 unspecified atom stereocenters. The number of furan rings is 1. The van der Waals surface area contributed by atoms with E-state index in [1.807, 2.05) is 24.4 Å². The van der Waals surface area contributed by atoms with Crippen LogP contribution in [0.3, 0.4) is 0 Å². The molecule has 4 heterocycles. The van der Waals surface area contributed by atoms with E-state index < -0.39 is 6.85 Å². The number of aryl methyl sites for hydroxylation is 3. The number of anilines is 1. The Kier molecular flexibility index (Phi) is 3.34. The zero-order chi connectivity index (χ0) is 22.6. The van der Waals surface area contributed by atoms with Crippen LogP contribution < -0.4 is 14.8 Å². The fourth-order valence-electron chi connectivity index (χ4n) is 4.17. The number of fused-ring (bicyclic) bond motifs is 3. The van der Waals surface area contributed by atoms with Crippen molar-refractivity contribution in [3.63, 3.8) is 0 Å². The number of benzene rings is 1. The molecular weight excluding hydrogens is 357 g/mol. The molecule has 0 radical (unpaired) electrons. The predicted octanol–water partition coefficient (Wildman–Crippen LogP) is 4.26. The molecule has 3 aromatic heterocycles. The molecule has 0 saturated carbocycles. The van der Waals surface area contributed by atoms with Crippen LogP contribution in [-0.4, -0.2) is 11.8 Å². The number of aromatic nitrogens is 2. The monoisotopic (exact) mass is 383 g/mol. The first-order chi connectivity index (χ1) is 15.2. The summed E-state index contributed by atoms with van der Waals surface area (Å²) in [7, 11) is 2.05. The fraction of sp³-hybridized carbons (Fsp3) is 0.167. The summed E-state index contributed by atoms with van der Waals surface area (Å²) in [5.41, 5.74) is 4.99. The van der Waals surface area contributed by atoms with Gasteiger partial charge in [-0.3, -0.25) is 4.81 Å². The maximum atomic E-state index is 7.62. The van der Waals surface area contributed by atoms with Crippen molar-refractivity contribution in [2.75, 3.05) is 4.81 Å². The molecule has 0 N–H and O–H groups in total. The lowest BCUT2D eigenvalue weighted by molar-refractivity contribution is -0.657. The largest absolute Gasteiger partial charge is 0.439 e. The van der Waals surface area contributed by atoms with Crippen LogP contribution in [0.1, 0.15) is 21.1 Å². The van der Waals surface area contributed by atoms with Gasteiger partial charge in [0, 0.05) is 38.4 Å². The van der Waals surface area contributed by atoms with Crippen LogP contribution in [0, 0.1) is 13.8 Å². The molecule has 5 rings (SSSR count). The van der Waals surface area contributed by atoms with Gasteiger partial charge in [0.15, 0.2) is 0 Å². The van der Waals surface area contributed by atoms with Crippen molar-refractivity contribution >= 4 is 35.3 Å². The molecule has 4 nitrogen and oxygen atoms in total. The summed E-state index contributed by atoms with van der Waals surface area (Å²) in [5, 5.41) is 0.843. The molecule has 29 heavy (non-hydrogen) atoms. The molecular formula is C24H23BN3O+. The summed E-state index contributed by atoms with van der Waals surface area (Å²) in [6.07, 6.45) is 6.09. The van der Waals surface area contributed by atoms with Gasteiger partial charge in [0.2, 0.25) is 5.71 Å². The molecule has 4 aromatic rings.